The van der Waals surface area contributed by atoms with E-state index in [1.165, 1.54) is 10.6 Å². The standard InChI is InChI=1S/C9H16N4O2S2/c1-17(14,15)13-4-2-12(3-5-13)9-11-7-8(6-10)16-9/h7H,2-6,10H2,1H3. The first-order valence-electron chi connectivity index (χ1n) is 5.35. The number of aromatic nitrogens is 1. The van der Waals surface area contributed by atoms with Crippen molar-refractivity contribution in [1.29, 1.82) is 0 Å². The van der Waals surface area contributed by atoms with E-state index in [0.29, 0.717) is 32.7 Å². The predicted octanol–water partition coefficient (Wildman–Crippen LogP) is -0.317. The van der Waals surface area contributed by atoms with Gasteiger partial charge in [-0.1, -0.05) is 0 Å². The first-order chi connectivity index (χ1) is 8.00. The van der Waals surface area contributed by atoms with E-state index in [9.17, 15) is 8.42 Å². The summed E-state index contributed by atoms with van der Waals surface area (Å²) < 4.78 is 24.2. The third-order valence-corrected chi connectivity index (χ3v) is 5.10. The van der Waals surface area contributed by atoms with Crippen LogP contribution in [-0.2, 0) is 16.6 Å². The number of nitrogens with zero attached hydrogens (tertiary/aromatic N) is 3. The normalized spacial score (nSPS) is 18.6. The Labute approximate surface area is 105 Å². The molecule has 0 aliphatic carbocycles. The summed E-state index contributed by atoms with van der Waals surface area (Å²) in [6.45, 7) is 2.92. The molecule has 0 saturated carbocycles. The second-order valence-corrected chi connectivity index (χ2v) is 7.04. The first kappa shape index (κ1) is 12.7. The molecule has 0 radical (unpaired) electrons. The van der Waals surface area contributed by atoms with Gasteiger partial charge >= 0.3 is 0 Å². The van der Waals surface area contributed by atoms with Gasteiger partial charge < -0.3 is 10.6 Å². The molecule has 17 heavy (non-hydrogen) atoms. The quantitative estimate of drug-likeness (QED) is 0.819. The summed E-state index contributed by atoms with van der Waals surface area (Å²) in [5.74, 6) is 0. The van der Waals surface area contributed by atoms with Crippen LogP contribution in [0.15, 0.2) is 6.20 Å². The maximum absolute atomic E-state index is 11.4. The fourth-order valence-electron chi connectivity index (χ4n) is 1.75. The Balaban J connectivity index is 1.99. The second kappa shape index (κ2) is 4.89. The Bertz CT molecular complexity index is 477. The van der Waals surface area contributed by atoms with Gasteiger partial charge in [0.15, 0.2) is 5.13 Å². The van der Waals surface area contributed by atoms with Gasteiger partial charge in [0, 0.05) is 43.8 Å². The summed E-state index contributed by atoms with van der Waals surface area (Å²) in [6.07, 6.45) is 3.03. The molecule has 2 rings (SSSR count). The highest BCUT2D eigenvalue weighted by atomic mass is 32.2. The van der Waals surface area contributed by atoms with Crippen molar-refractivity contribution in [2.24, 2.45) is 5.73 Å². The first-order valence-corrected chi connectivity index (χ1v) is 8.02. The lowest BCUT2D eigenvalue weighted by molar-refractivity contribution is 0.388. The summed E-state index contributed by atoms with van der Waals surface area (Å²) in [5, 5.41) is 0.929. The van der Waals surface area contributed by atoms with E-state index in [1.807, 2.05) is 0 Å². The summed E-state index contributed by atoms with van der Waals surface area (Å²) in [6, 6.07) is 0. The highest BCUT2D eigenvalue weighted by Gasteiger charge is 2.24. The molecule has 6 nitrogen and oxygen atoms in total. The molecule has 8 heteroatoms. The van der Waals surface area contributed by atoms with Crippen LogP contribution < -0.4 is 10.6 Å². The van der Waals surface area contributed by atoms with Crippen molar-refractivity contribution >= 4 is 26.5 Å². The van der Waals surface area contributed by atoms with Crippen LogP contribution in [0.3, 0.4) is 0 Å². The lowest BCUT2D eigenvalue weighted by Crippen LogP contribution is -2.48. The monoisotopic (exact) mass is 276 g/mol. The van der Waals surface area contributed by atoms with Crippen LogP contribution in [0.25, 0.3) is 0 Å². The van der Waals surface area contributed by atoms with E-state index in [4.69, 9.17) is 5.73 Å². The molecule has 0 amide bonds. The zero-order valence-corrected chi connectivity index (χ0v) is 11.3. The number of thiazole rings is 1. The van der Waals surface area contributed by atoms with Gasteiger partial charge in [-0.25, -0.2) is 13.4 Å². The van der Waals surface area contributed by atoms with Crippen molar-refractivity contribution in [3.63, 3.8) is 0 Å². The third kappa shape index (κ3) is 2.95. The van der Waals surface area contributed by atoms with Gasteiger partial charge in [0.1, 0.15) is 0 Å². The van der Waals surface area contributed by atoms with Crippen LogP contribution in [0, 0.1) is 0 Å². The number of hydrogen-bond acceptors (Lipinski definition) is 6. The zero-order valence-electron chi connectivity index (χ0n) is 9.66. The van der Waals surface area contributed by atoms with Gasteiger partial charge in [-0.3, -0.25) is 0 Å². The zero-order chi connectivity index (χ0) is 12.5. The molecule has 0 atom stereocenters. The van der Waals surface area contributed by atoms with E-state index < -0.39 is 10.0 Å². The average Bonchev–Trinajstić information content (AvgIpc) is 2.76. The van der Waals surface area contributed by atoms with E-state index in [2.05, 4.69) is 9.88 Å². The summed E-state index contributed by atoms with van der Waals surface area (Å²) >= 11 is 1.57. The number of sulfonamides is 1. The lowest BCUT2D eigenvalue weighted by Gasteiger charge is -2.32. The molecule has 0 aromatic carbocycles. The van der Waals surface area contributed by atoms with Gasteiger partial charge in [0.2, 0.25) is 10.0 Å². The maximum atomic E-state index is 11.4. The minimum atomic E-state index is -3.06. The molecule has 2 N–H and O–H groups in total. The smallest absolute Gasteiger partial charge is 0.211 e. The number of hydrogen-bond donors (Lipinski definition) is 1. The van der Waals surface area contributed by atoms with Gasteiger partial charge in [0.25, 0.3) is 0 Å². The number of piperazine rings is 1. The van der Waals surface area contributed by atoms with E-state index in [0.717, 1.165) is 10.0 Å². The Morgan fingerprint density at radius 1 is 1.41 bits per heavy atom. The summed E-state index contributed by atoms with van der Waals surface area (Å²) in [5.41, 5.74) is 5.54. The number of nitrogens with two attached hydrogens (primary N) is 1. The molecular weight excluding hydrogens is 260 g/mol. The Kier molecular flexibility index (Phi) is 3.67. The van der Waals surface area contributed by atoms with Crippen LogP contribution >= 0.6 is 11.3 Å². The van der Waals surface area contributed by atoms with Crippen LogP contribution in [-0.4, -0.2) is 50.1 Å². The van der Waals surface area contributed by atoms with Crippen molar-refractivity contribution in [1.82, 2.24) is 9.29 Å². The van der Waals surface area contributed by atoms with Crippen molar-refractivity contribution < 1.29 is 8.42 Å². The average molecular weight is 276 g/mol. The SMILES string of the molecule is CS(=O)(=O)N1CCN(c2ncc(CN)s2)CC1. The van der Waals surface area contributed by atoms with E-state index in [1.54, 1.807) is 17.5 Å². The van der Waals surface area contributed by atoms with Crippen LogP contribution in [0.5, 0.6) is 0 Å². The largest absolute Gasteiger partial charge is 0.345 e. The Morgan fingerprint density at radius 2 is 2.06 bits per heavy atom. The molecule has 0 spiro atoms. The molecular formula is C9H16N4O2S2. The van der Waals surface area contributed by atoms with Crippen molar-refractivity contribution in [2.45, 2.75) is 6.54 Å². The fraction of sp³-hybridized carbons (Fsp3) is 0.667. The minimum absolute atomic E-state index is 0.501. The van der Waals surface area contributed by atoms with Crippen LogP contribution in [0.1, 0.15) is 4.88 Å². The molecule has 1 saturated heterocycles. The predicted molar refractivity (Wildman–Crippen MR) is 68.6 cm³/mol. The molecule has 1 aliphatic heterocycles. The van der Waals surface area contributed by atoms with Crippen molar-refractivity contribution in [3.05, 3.63) is 11.1 Å². The Morgan fingerprint density at radius 3 is 2.53 bits per heavy atom. The van der Waals surface area contributed by atoms with Gasteiger partial charge in [-0.05, 0) is 0 Å². The van der Waals surface area contributed by atoms with Gasteiger partial charge in [0.05, 0.1) is 6.26 Å². The third-order valence-electron chi connectivity index (χ3n) is 2.72. The van der Waals surface area contributed by atoms with Crippen molar-refractivity contribution in [2.75, 3.05) is 37.3 Å². The van der Waals surface area contributed by atoms with Crippen molar-refractivity contribution in [3.8, 4) is 0 Å². The van der Waals surface area contributed by atoms with E-state index >= 15 is 0 Å². The van der Waals surface area contributed by atoms with Gasteiger partial charge in [-0.15, -0.1) is 11.3 Å². The molecule has 1 aromatic heterocycles. The molecule has 96 valence electrons. The topological polar surface area (TPSA) is 79.5 Å². The highest BCUT2D eigenvalue weighted by Crippen LogP contribution is 2.23. The fourth-order valence-corrected chi connectivity index (χ4v) is 3.42. The Hall–Kier alpha value is -0.700. The van der Waals surface area contributed by atoms with Gasteiger partial charge in [-0.2, -0.15) is 4.31 Å². The summed E-state index contributed by atoms with van der Waals surface area (Å²) in [4.78, 5) is 7.44. The minimum Gasteiger partial charge on any atom is -0.345 e. The molecule has 0 unspecified atom stereocenters. The van der Waals surface area contributed by atoms with Crippen LogP contribution in [0.4, 0.5) is 5.13 Å². The molecule has 1 fully saturated rings. The van der Waals surface area contributed by atoms with E-state index in [-0.39, 0.29) is 0 Å². The molecule has 1 aliphatic rings. The molecule has 0 bridgehead atoms. The molecule has 1 aromatic rings. The second-order valence-electron chi connectivity index (χ2n) is 3.96. The highest BCUT2D eigenvalue weighted by molar-refractivity contribution is 7.88. The lowest BCUT2D eigenvalue weighted by atomic mass is 10.4. The number of anilines is 1. The number of rotatable bonds is 3. The van der Waals surface area contributed by atoms with Crippen LogP contribution in [0.2, 0.25) is 0 Å². The summed E-state index contributed by atoms with van der Waals surface area (Å²) in [7, 11) is -3.06. The molecule has 2 heterocycles. The maximum Gasteiger partial charge on any atom is 0.211 e.